The molecular weight excluding hydrogens is 144 g/mol. The number of ether oxygens (including phenoxy) is 1. The van der Waals surface area contributed by atoms with Crippen LogP contribution in [-0.4, -0.2) is 23.3 Å². The molecule has 0 saturated heterocycles. The van der Waals surface area contributed by atoms with E-state index in [1.54, 1.807) is 6.92 Å². The third kappa shape index (κ3) is 2.38. The van der Waals surface area contributed by atoms with E-state index in [1.165, 1.54) is 0 Å². The van der Waals surface area contributed by atoms with Crippen LogP contribution in [0, 0.1) is 0 Å². The molecule has 0 aliphatic carbocycles. The molecule has 0 spiro atoms. The molecule has 0 fully saturated rings. The minimum atomic E-state index is -0.622. The van der Waals surface area contributed by atoms with Gasteiger partial charge in [-0.05, 0) is 20.3 Å². The summed E-state index contributed by atoms with van der Waals surface area (Å²) in [4.78, 5) is 0. The first-order valence-corrected chi connectivity index (χ1v) is 3.72. The van der Waals surface area contributed by atoms with E-state index in [0.717, 1.165) is 0 Å². The van der Waals surface area contributed by atoms with Crippen LogP contribution in [0.3, 0.4) is 0 Å². The topological polar surface area (TPSA) is 67.8 Å². The molecule has 0 aromatic heterocycles. The zero-order valence-corrected chi connectivity index (χ0v) is 7.29. The Labute approximate surface area is 67.0 Å². The van der Waals surface area contributed by atoms with Crippen molar-refractivity contribution in [1.29, 1.82) is 0 Å². The summed E-state index contributed by atoms with van der Waals surface area (Å²) in [5.41, 5.74) is 4.80. The predicted octanol–water partition coefficient (Wildman–Crippen LogP) is 0.938. The lowest BCUT2D eigenvalue weighted by Gasteiger charge is -2.25. The predicted molar refractivity (Wildman–Crippen MR) is 43.7 cm³/mol. The van der Waals surface area contributed by atoms with Gasteiger partial charge in [-0.1, -0.05) is 12.1 Å². The Kier molecular flexibility index (Phi) is 3.89. The van der Waals surface area contributed by atoms with Crippen LogP contribution in [0.5, 0.6) is 0 Å². The zero-order valence-electron chi connectivity index (χ0n) is 7.29. The minimum Gasteiger partial charge on any atom is -0.409 e. The van der Waals surface area contributed by atoms with Crippen molar-refractivity contribution < 1.29 is 9.94 Å². The molecule has 3 N–H and O–H groups in total. The maximum Gasteiger partial charge on any atom is 0.171 e. The SMILES string of the molecule is CCOC(C)(CC)C(N)=NO. The molecular formula is C7H16N2O2. The summed E-state index contributed by atoms with van der Waals surface area (Å²) in [6.45, 7) is 6.15. The minimum absolute atomic E-state index is 0.127. The van der Waals surface area contributed by atoms with Gasteiger partial charge in [0.1, 0.15) is 5.60 Å². The average Bonchev–Trinajstić information content (AvgIpc) is 2.03. The van der Waals surface area contributed by atoms with Crippen molar-refractivity contribution in [2.75, 3.05) is 6.61 Å². The molecule has 4 heteroatoms. The second-order valence-electron chi connectivity index (χ2n) is 2.50. The molecule has 0 aliphatic heterocycles. The Balaban J connectivity index is 4.32. The number of rotatable bonds is 4. The summed E-state index contributed by atoms with van der Waals surface area (Å²) >= 11 is 0. The van der Waals surface area contributed by atoms with E-state index in [1.807, 2.05) is 13.8 Å². The summed E-state index contributed by atoms with van der Waals surface area (Å²) < 4.78 is 5.32. The van der Waals surface area contributed by atoms with E-state index in [-0.39, 0.29) is 5.84 Å². The average molecular weight is 160 g/mol. The smallest absolute Gasteiger partial charge is 0.171 e. The molecule has 0 heterocycles. The fourth-order valence-electron chi connectivity index (χ4n) is 0.781. The van der Waals surface area contributed by atoms with E-state index in [2.05, 4.69) is 5.16 Å². The van der Waals surface area contributed by atoms with Gasteiger partial charge in [-0.15, -0.1) is 0 Å². The Morgan fingerprint density at radius 3 is 2.45 bits per heavy atom. The molecule has 4 nitrogen and oxygen atoms in total. The van der Waals surface area contributed by atoms with Crippen molar-refractivity contribution in [2.24, 2.45) is 10.9 Å². The standard InChI is InChI=1S/C7H16N2O2/c1-4-7(3,11-5-2)6(8)9-10/h10H,4-5H2,1-3H3,(H2,8,9). The first kappa shape index (κ1) is 10.2. The van der Waals surface area contributed by atoms with Crippen LogP contribution in [0.25, 0.3) is 0 Å². The van der Waals surface area contributed by atoms with Crippen molar-refractivity contribution in [3.8, 4) is 0 Å². The highest BCUT2D eigenvalue weighted by atomic mass is 16.5. The largest absolute Gasteiger partial charge is 0.409 e. The quantitative estimate of drug-likeness (QED) is 0.278. The van der Waals surface area contributed by atoms with Crippen LogP contribution in [0.1, 0.15) is 27.2 Å². The van der Waals surface area contributed by atoms with Crippen molar-refractivity contribution in [3.05, 3.63) is 0 Å². The van der Waals surface area contributed by atoms with E-state index in [0.29, 0.717) is 13.0 Å². The number of oxime groups is 1. The molecule has 0 rings (SSSR count). The lowest BCUT2D eigenvalue weighted by Crippen LogP contribution is -2.43. The summed E-state index contributed by atoms with van der Waals surface area (Å²) in [6.07, 6.45) is 0.691. The summed E-state index contributed by atoms with van der Waals surface area (Å²) in [7, 11) is 0. The third-order valence-electron chi connectivity index (χ3n) is 1.79. The first-order valence-electron chi connectivity index (χ1n) is 3.72. The summed E-state index contributed by atoms with van der Waals surface area (Å²) in [5.74, 6) is 0.127. The molecule has 0 bridgehead atoms. The van der Waals surface area contributed by atoms with Crippen molar-refractivity contribution in [2.45, 2.75) is 32.8 Å². The van der Waals surface area contributed by atoms with Crippen LogP contribution in [-0.2, 0) is 4.74 Å². The van der Waals surface area contributed by atoms with E-state index < -0.39 is 5.60 Å². The normalized spacial score (nSPS) is 17.9. The van der Waals surface area contributed by atoms with Gasteiger partial charge in [0.25, 0.3) is 0 Å². The monoisotopic (exact) mass is 160 g/mol. The second kappa shape index (κ2) is 4.18. The van der Waals surface area contributed by atoms with Gasteiger partial charge in [-0.3, -0.25) is 0 Å². The van der Waals surface area contributed by atoms with Gasteiger partial charge in [0, 0.05) is 6.61 Å². The molecule has 1 atom stereocenters. The first-order chi connectivity index (χ1) is 5.10. The van der Waals surface area contributed by atoms with Crippen LogP contribution >= 0.6 is 0 Å². The van der Waals surface area contributed by atoms with Crippen molar-refractivity contribution >= 4 is 5.84 Å². The Morgan fingerprint density at radius 1 is 1.64 bits per heavy atom. The number of nitrogens with zero attached hydrogens (tertiary/aromatic N) is 1. The molecule has 0 aromatic rings. The van der Waals surface area contributed by atoms with Gasteiger partial charge in [0.05, 0.1) is 0 Å². The maximum atomic E-state index is 8.41. The lowest BCUT2D eigenvalue weighted by atomic mass is 10.0. The van der Waals surface area contributed by atoms with Crippen LogP contribution < -0.4 is 5.73 Å². The van der Waals surface area contributed by atoms with Gasteiger partial charge < -0.3 is 15.7 Å². The Bertz CT molecular complexity index is 147. The maximum absolute atomic E-state index is 8.41. The molecule has 66 valence electrons. The fourth-order valence-corrected chi connectivity index (χ4v) is 0.781. The van der Waals surface area contributed by atoms with Gasteiger partial charge >= 0.3 is 0 Å². The summed E-state index contributed by atoms with van der Waals surface area (Å²) in [6, 6.07) is 0. The van der Waals surface area contributed by atoms with E-state index >= 15 is 0 Å². The number of amidine groups is 1. The lowest BCUT2D eigenvalue weighted by molar-refractivity contribution is 0.0236. The molecule has 11 heavy (non-hydrogen) atoms. The molecule has 0 aromatic carbocycles. The molecule has 0 aliphatic rings. The van der Waals surface area contributed by atoms with Crippen LogP contribution in [0.15, 0.2) is 5.16 Å². The van der Waals surface area contributed by atoms with Crippen molar-refractivity contribution in [1.82, 2.24) is 0 Å². The molecule has 0 radical (unpaired) electrons. The van der Waals surface area contributed by atoms with E-state index in [4.69, 9.17) is 15.7 Å². The Morgan fingerprint density at radius 2 is 2.18 bits per heavy atom. The molecule has 1 unspecified atom stereocenters. The van der Waals surface area contributed by atoms with E-state index in [9.17, 15) is 0 Å². The molecule has 0 saturated carbocycles. The van der Waals surface area contributed by atoms with Gasteiger partial charge in [0.15, 0.2) is 5.84 Å². The van der Waals surface area contributed by atoms with Crippen LogP contribution in [0.2, 0.25) is 0 Å². The molecule has 0 amide bonds. The fraction of sp³-hybridized carbons (Fsp3) is 0.857. The van der Waals surface area contributed by atoms with Gasteiger partial charge in [-0.2, -0.15) is 0 Å². The highest BCUT2D eigenvalue weighted by Gasteiger charge is 2.27. The highest BCUT2D eigenvalue weighted by Crippen LogP contribution is 2.14. The number of nitrogens with two attached hydrogens (primary N) is 1. The number of hydrogen-bond acceptors (Lipinski definition) is 3. The Hall–Kier alpha value is -0.770. The van der Waals surface area contributed by atoms with Gasteiger partial charge in [0.2, 0.25) is 0 Å². The zero-order chi connectivity index (χ0) is 8.91. The summed E-state index contributed by atoms with van der Waals surface area (Å²) in [5, 5.41) is 11.3. The van der Waals surface area contributed by atoms with Crippen molar-refractivity contribution in [3.63, 3.8) is 0 Å². The third-order valence-corrected chi connectivity index (χ3v) is 1.79. The highest BCUT2D eigenvalue weighted by molar-refractivity contribution is 5.88. The second-order valence-corrected chi connectivity index (χ2v) is 2.50. The van der Waals surface area contributed by atoms with Crippen LogP contribution in [0.4, 0.5) is 0 Å². The van der Waals surface area contributed by atoms with Gasteiger partial charge in [-0.25, -0.2) is 0 Å². The number of hydrogen-bond donors (Lipinski definition) is 2.